The monoisotopic (exact) mass is 165 g/mol. The average molecular weight is 165 g/mol. The van der Waals surface area contributed by atoms with Gasteiger partial charge in [-0.05, 0) is 18.4 Å². The van der Waals surface area contributed by atoms with Crippen molar-refractivity contribution in [2.75, 3.05) is 6.54 Å². The van der Waals surface area contributed by atoms with Gasteiger partial charge >= 0.3 is 0 Å². The molecule has 0 bridgehead atoms. The van der Waals surface area contributed by atoms with Gasteiger partial charge in [0.15, 0.2) is 0 Å². The second kappa shape index (κ2) is 5.78. The summed E-state index contributed by atoms with van der Waals surface area (Å²) in [5.74, 6) is 0.597. The number of nitrogens with two attached hydrogens (primary N) is 1. The van der Waals surface area contributed by atoms with E-state index in [2.05, 4.69) is 39.5 Å². The van der Waals surface area contributed by atoms with Crippen LogP contribution in [-0.4, -0.2) is 6.54 Å². The largest absolute Gasteiger partial charge is 0.327 e. The fourth-order valence-corrected chi connectivity index (χ4v) is 0.773. The van der Waals surface area contributed by atoms with Crippen LogP contribution >= 0.6 is 0 Å². The van der Waals surface area contributed by atoms with Gasteiger partial charge in [-0.25, -0.2) is 0 Å². The van der Waals surface area contributed by atoms with Crippen molar-refractivity contribution in [3.8, 4) is 0 Å². The van der Waals surface area contributed by atoms with E-state index in [1.165, 1.54) is 5.57 Å². The molecule has 0 aromatic rings. The minimum atomic E-state index is 0.535. The molecule has 0 rings (SSSR count). The zero-order valence-electron chi connectivity index (χ0n) is 8.30. The highest BCUT2D eigenvalue weighted by atomic mass is 14.5. The summed E-state index contributed by atoms with van der Waals surface area (Å²) in [6.07, 6.45) is 6.28. The number of allylic oxidation sites excluding steroid dienone is 3. The topological polar surface area (TPSA) is 26.0 Å². The lowest BCUT2D eigenvalue weighted by atomic mass is 10.1. The summed E-state index contributed by atoms with van der Waals surface area (Å²) >= 11 is 0. The van der Waals surface area contributed by atoms with E-state index >= 15 is 0 Å². The van der Waals surface area contributed by atoms with E-state index in [0.29, 0.717) is 12.5 Å². The summed E-state index contributed by atoms with van der Waals surface area (Å²) in [6, 6.07) is 0. The fourth-order valence-electron chi connectivity index (χ4n) is 0.773. The first-order valence-corrected chi connectivity index (χ1v) is 4.30. The van der Waals surface area contributed by atoms with Crippen molar-refractivity contribution in [3.05, 3.63) is 36.0 Å². The molecule has 0 aromatic carbocycles. The summed E-state index contributed by atoms with van der Waals surface area (Å²) in [5.41, 5.74) is 7.59. The molecule has 0 atom stereocenters. The minimum absolute atomic E-state index is 0.535. The van der Waals surface area contributed by atoms with Gasteiger partial charge in [0.25, 0.3) is 0 Å². The SMILES string of the molecule is C=C(/C=C(C)/C=C\C(C)C)CN. The second-order valence-electron chi connectivity index (χ2n) is 3.35. The van der Waals surface area contributed by atoms with Crippen LogP contribution in [0, 0.1) is 5.92 Å². The third-order valence-electron chi connectivity index (χ3n) is 1.44. The summed E-state index contributed by atoms with van der Waals surface area (Å²) < 4.78 is 0. The molecule has 1 nitrogen and oxygen atoms in total. The Morgan fingerprint density at radius 2 is 2.08 bits per heavy atom. The van der Waals surface area contributed by atoms with Gasteiger partial charge in [-0.1, -0.05) is 44.2 Å². The van der Waals surface area contributed by atoms with Crippen LogP contribution in [0.5, 0.6) is 0 Å². The van der Waals surface area contributed by atoms with Crippen LogP contribution < -0.4 is 5.73 Å². The summed E-state index contributed by atoms with van der Waals surface area (Å²) in [7, 11) is 0. The standard InChI is InChI=1S/C11H19N/c1-9(2)5-6-10(3)7-11(4)8-12/h5-7,9H,4,8,12H2,1-3H3/b6-5-,10-7+. The summed E-state index contributed by atoms with van der Waals surface area (Å²) in [4.78, 5) is 0. The molecule has 0 aromatic heterocycles. The highest BCUT2D eigenvalue weighted by Crippen LogP contribution is 2.03. The smallest absolute Gasteiger partial charge is 0.0172 e. The van der Waals surface area contributed by atoms with Crippen molar-refractivity contribution >= 4 is 0 Å². The molecule has 2 N–H and O–H groups in total. The molecule has 0 amide bonds. The number of rotatable bonds is 4. The molecule has 68 valence electrons. The first-order valence-electron chi connectivity index (χ1n) is 4.30. The second-order valence-corrected chi connectivity index (χ2v) is 3.35. The Morgan fingerprint density at radius 3 is 2.50 bits per heavy atom. The van der Waals surface area contributed by atoms with Crippen LogP contribution in [0.25, 0.3) is 0 Å². The quantitative estimate of drug-likeness (QED) is 0.637. The van der Waals surface area contributed by atoms with Gasteiger partial charge in [-0.3, -0.25) is 0 Å². The number of hydrogen-bond acceptors (Lipinski definition) is 1. The van der Waals surface area contributed by atoms with Crippen LogP contribution in [0.2, 0.25) is 0 Å². The third kappa shape index (κ3) is 5.93. The highest BCUT2D eigenvalue weighted by Gasteiger charge is 1.87. The molecular weight excluding hydrogens is 146 g/mol. The van der Waals surface area contributed by atoms with Gasteiger partial charge in [0.1, 0.15) is 0 Å². The Balaban J connectivity index is 4.11. The van der Waals surface area contributed by atoms with E-state index in [1.54, 1.807) is 0 Å². The maximum atomic E-state index is 5.41. The molecule has 0 aliphatic rings. The number of hydrogen-bond donors (Lipinski definition) is 1. The molecule has 0 radical (unpaired) electrons. The van der Waals surface area contributed by atoms with Gasteiger partial charge in [-0.2, -0.15) is 0 Å². The predicted molar refractivity (Wildman–Crippen MR) is 55.9 cm³/mol. The summed E-state index contributed by atoms with van der Waals surface area (Å²) in [5, 5.41) is 0. The zero-order chi connectivity index (χ0) is 9.56. The Morgan fingerprint density at radius 1 is 1.50 bits per heavy atom. The van der Waals surface area contributed by atoms with Crippen molar-refractivity contribution in [2.45, 2.75) is 20.8 Å². The van der Waals surface area contributed by atoms with Gasteiger partial charge in [0, 0.05) is 6.54 Å². The molecular formula is C11H19N. The Kier molecular flexibility index (Phi) is 5.39. The van der Waals surface area contributed by atoms with E-state index in [0.717, 1.165) is 5.57 Å². The molecule has 0 aliphatic carbocycles. The van der Waals surface area contributed by atoms with Gasteiger partial charge in [0.2, 0.25) is 0 Å². The zero-order valence-corrected chi connectivity index (χ0v) is 8.30. The van der Waals surface area contributed by atoms with E-state index in [9.17, 15) is 0 Å². The van der Waals surface area contributed by atoms with Crippen molar-refractivity contribution < 1.29 is 0 Å². The molecule has 0 heterocycles. The lowest BCUT2D eigenvalue weighted by Gasteiger charge is -1.97. The van der Waals surface area contributed by atoms with Crippen molar-refractivity contribution in [3.63, 3.8) is 0 Å². The summed E-state index contributed by atoms with van der Waals surface area (Å²) in [6.45, 7) is 10.7. The highest BCUT2D eigenvalue weighted by molar-refractivity contribution is 5.27. The molecule has 0 fully saturated rings. The Hall–Kier alpha value is -0.820. The van der Waals surface area contributed by atoms with Gasteiger partial charge in [-0.15, -0.1) is 0 Å². The lowest BCUT2D eigenvalue weighted by Crippen LogP contribution is -1.99. The molecule has 0 saturated carbocycles. The Labute approximate surface area is 75.7 Å². The van der Waals surface area contributed by atoms with Crippen LogP contribution in [0.1, 0.15) is 20.8 Å². The van der Waals surface area contributed by atoms with E-state index in [-0.39, 0.29) is 0 Å². The maximum Gasteiger partial charge on any atom is 0.0172 e. The van der Waals surface area contributed by atoms with E-state index < -0.39 is 0 Å². The third-order valence-corrected chi connectivity index (χ3v) is 1.44. The molecule has 0 unspecified atom stereocenters. The molecule has 0 spiro atoms. The minimum Gasteiger partial charge on any atom is -0.327 e. The van der Waals surface area contributed by atoms with Crippen molar-refractivity contribution in [2.24, 2.45) is 11.7 Å². The van der Waals surface area contributed by atoms with Gasteiger partial charge < -0.3 is 5.73 Å². The van der Waals surface area contributed by atoms with Crippen molar-refractivity contribution in [1.29, 1.82) is 0 Å². The normalized spacial score (nSPS) is 12.9. The molecule has 1 heteroatoms. The lowest BCUT2D eigenvalue weighted by molar-refractivity contribution is 0.831. The molecule has 0 aliphatic heterocycles. The van der Waals surface area contributed by atoms with Crippen LogP contribution in [0.3, 0.4) is 0 Å². The van der Waals surface area contributed by atoms with Gasteiger partial charge in [0.05, 0.1) is 0 Å². The molecule has 12 heavy (non-hydrogen) atoms. The maximum absolute atomic E-state index is 5.41. The van der Waals surface area contributed by atoms with Crippen LogP contribution in [0.15, 0.2) is 36.0 Å². The van der Waals surface area contributed by atoms with Crippen molar-refractivity contribution in [1.82, 2.24) is 0 Å². The van der Waals surface area contributed by atoms with Crippen LogP contribution in [0.4, 0.5) is 0 Å². The Bertz CT molecular complexity index is 197. The van der Waals surface area contributed by atoms with Crippen LogP contribution in [-0.2, 0) is 0 Å². The molecule has 0 saturated heterocycles. The first kappa shape index (κ1) is 11.2. The first-order chi connectivity index (χ1) is 5.56. The predicted octanol–water partition coefficient (Wildman–Crippen LogP) is 2.66. The fraction of sp³-hybridized carbons (Fsp3) is 0.455. The average Bonchev–Trinajstić information content (AvgIpc) is 2.00. The van der Waals surface area contributed by atoms with E-state index in [4.69, 9.17) is 5.73 Å². The van der Waals surface area contributed by atoms with E-state index in [1.807, 2.05) is 6.08 Å².